The molecule has 0 bridgehead atoms. The van der Waals surface area contributed by atoms with Crippen LogP contribution in [-0.4, -0.2) is 11.0 Å². The quantitative estimate of drug-likeness (QED) is 0.641. The van der Waals surface area contributed by atoms with Gasteiger partial charge in [-0.15, -0.1) is 0 Å². The Labute approximate surface area is 83.8 Å². The molecule has 14 heavy (non-hydrogen) atoms. The van der Waals surface area contributed by atoms with Crippen LogP contribution < -0.4 is 0 Å². The Balaban J connectivity index is 0.000000845. The molecule has 2 heteroatoms. The molecule has 0 aliphatic heterocycles. The van der Waals surface area contributed by atoms with Crippen LogP contribution in [0.15, 0.2) is 36.4 Å². The van der Waals surface area contributed by atoms with Crippen molar-refractivity contribution in [3.8, 4) is 0 Å². The fraction of sp³-hybridized carbons (Fsp3) is 0.167. The normalized spacial score (nSPS) is 9.00. The maximum Gasteiger partial charge on any atom is -0.0125 e. The van der Waals surface area contributed by atoms with Gasteiger partial charge in [0.1, 0.15) is 0 Å². The van der Waals surface area contributed by atoms with Crippen LogP contribution in [0.2, 0.25) is 0 Å². The Morgan fingerprint density at radius 3 is 1.50 bits per heavy atom. The fourth-order valence-electron chi connectivity index (χ4n) is 1.75. The lowest BCUT2D eigenvalue weighted by molar-refractivity contribution is 0.823. The van der Waals surface area contributed by atoms with E-state index >= 15 is 0 Å². The monoisotopic (exact) mass is 190 g/mol. The first-order valence-electron chi connectivity index (χ1n) is 4.24. The lowest BCUT2D eigenvalue weighted by atomic mass is 10.0. The predicted octanol–water partition coefficient (Wildman–Crippen LogP) is 3.10. The third-order valence-corrected chi connectivity index (χ3v) is 2.32. The smallest absolute Gasteiger partial charge is 0.0125 e. The third kappa shape index (κ3) is 1.92. The van der Waals surface area contributed by atoms with E-state index in [2.05, 4.69) is 50.2 Å². The van der Waals surface area contributed by atoms with E-state index in [0.717, 1.165) is 0 Å². The number of rotatable bonds is 0. The maximum atomic E-state index is 2.16. The van der Waals surface area contributed by atoms with Gasteiger partial charge in [-0.1, -0.05) is 36.4 Å². The summed E-state index contributed by atoms with van der Waals surface area (Å²) in [6.07, 6.45) is 0. The van der Waals surface area contributed by atoms with Crippen molar-refractivity contribution in [1.82, 2.24) is 0 Å². The van der Waals surface area contributed by atoms with Crippen molar-refractivity contribution in [3.63, 3.8) is 0 Å². The molecule has 0 heterocycles. The van der Waals surface area contributed by atoms with E-state index in [-0.39, 0.29) is 11.0 Å². The topological polar surface area (TPSA) is 60.0 Å². The first kappa shape index (κ1) is 12.6. The first-order valence-corrected chi connectivity index (χ1v) is 4.24. The molecular weight excluding hydrogens is 176 g/mol. The SMILES string of the molecule is Cc1cccc2cccc(C)c12.[OH].[OH]. The van der Waals surface area contributed by atoms with E-state index in [1.807, 2.05) is 0 Å². The largest absolute Gasteiger partial charge is 0.255 e. The van der Waals surface area contributed by atoms with Crippen molar-refractivity contribution < 1.29 is 11.0 Å². The van der Waals surface area contributed by atoms with Crippen LogP contribution in [0.3, 0.4) is 0 Å². The summed E-state index contributed by atoms with van der Waals surface area (Å²) in [7, 11) is 0. The van der Waals surface area contributed by atoms with Gasteiger partial charge in [0.05, 0.1) is 0 Å². The Kier molecular flexibility index (Phi) is 4.28. The average molecular weight is 190 g/mol. The second-order valence-electron chi connectivity index (χ2n) is 3.25. The molecule has 2 nitrogen and oxygen atoms in total. The molecular formula is C12H14O2. The van der Waals surface area contributed by atoms with Gasteiger partial charge in [0.2, 0.25) is 0 Å². The van der Waals surface area contributed by atoms with E-state index in [4.69, 9.17) is 0 Å². The highest BCUT2D eigenvalue weighted by atomic mass is 16.0. The van der Waals surface area contributed by atoms with Gasteiger partial charge in [0.15, 0.2) is 0 Å². The van der Waals surface area contributed by atoms with E-state index in [0.29, 0.717) is 0 Å². The number of benzene rings is 2. The van der Waals surface area contributed by atoms with Gasteiger partial charge in [-0.3, -0.25) is 11.0 Å². The van der Waals surface area contributed by atoms with Crippen molar-refractivity contribution in [2.24, 2.45) is 0 Å². The van der Waals surface area contributed by atoms with Crippen LogP contribution in [-0.2, 0) is 0 Å². The lowest BCUT2D eigenvalue weighted by Gasteiger charge is -2.04. The highest BCUT2D eigenvalue weighted by Crippen LogP contribution is 2.21. The zero-order valence-corrected chi connectivity index (χ0v) is 8.36. The van der Waals surface area contributed by atoms with Crippen molar-refractivity contribution in [2.75, 3.05) is 0 Å². The van der Waals surface area contributed by atoms with Crippen LogP contribution >= 0.6 is 0 Å². The number of aryl methyl sites for hydroxylation is 2. The molecule has 0 saturated carbocycles. The third-order valence-electron chi connectivity index (χ3n) is 2.32. The van der Waals surface area contributed by atoms with E-state index < -0.39 is 0 Å². The first-order chi connectivity index (χ1) is 5.79. The lowest BCUT2D eigenvalue weighted by Crippen LogP contribution is -1.81. The molecule has 0 spiro atoms. The van der Waals surface area contributed by atoms with Gasteiger partial charge in [-0.2, -0.15) is 0 Å². The molecule has 0 unspecified atom stereocenters. The zero-order chi connectivity index (χ0) is 8.55. The second kappa shape index (κ2) is 4.74. The molecule has 0 aliphatic rings. The minimum atomic E-state index is 0. The van der Waals surface area contributed by atoms with Crippen LogP contribution in [0.25, 0.3) is 10.8 Å². The molecule has 0 aliphatic carbocycles. The van der Waals surface area contributed by atoms with Crippen LogP contribution in [0, 0.1) is 13.8 Å². The molecule has 0 fully saturated rings. The van der Waals surface area contributed by atoms with Crippen LogP contribution in [0.5, 0.6) is 0 Å². The summed E-state index contributed by atoms with van der Waals surface area (Å²) in [6, 6.07) is 12.9. The zero-order valence-electron chi connectivity index (χ0n) is 8.36. The summed E-state index contributed by atoms with van der Waals surface area (Å²) in [4.78, 5) is 0. The highest BCUT2D eigenvalue weighted by Gasteiger charge is 1.97. The predicted molar refractivity (Wildman–Crippen MR) is 57.3 cm³/mol. The van der Waals surface area contributed by atoms with Crippen molar-refractivity contribution in [3.05, 3.63) is 47.5 Å². The fourth-order valence-corrected chi connectivity index (χ4v) is 1.75. The van der Waals surface area contributed by atoms with Gasteiger partial charge >= 0.3 is 0 Å². The Hall–Kier alpha value is -1.38. The molecule has 2 aromatic carbocycles. The summed E-state index contributed by atoms with van der Waals surface area (Å²) in [5, 5.41) is 2.75. The minimum Gasteiger partial charge on any atom is -0.255 e. The average Bonchev–Trinajstić information content (AvgIpc) is 2.04. The standard InChI is InChI=1S/C12H12.2HO/c1-9-5-3-7-11-8-4-6-10(2)12(9)11;;/h3-8H,1-2H3;2*1H. The van der Waals surface area contributed by atoms with Crippen molar-refractivity contribution in [2.45, 2.75) is 13.8 Å². The molecule has 2 aromatic rings. The Morgan fingerprint density at radius 1 is 0.714 bits per heavy atom. The minimum absolute atomic E-state index is 0. The summed E-state index contributed by atoms with van der Waals surface area (Å²) in [5.41, 5.74) is 2.73. The summed E-state index contributed by atoms with van der Waals surface area (Å²) >= 11 is 0. The summed E-state index contributed by atoms with van der Waals surface area (Å²) in [6.45, 7) is 4.32. The van der Waals surface area contributed by atoms with E-state index in [1.54, 1.807) is 0 Å². The summed E-state index contributed by atoms with van der Waals surface area (Å²) in [5.74, 6) is 0. The number of hydrogen-bond donors (Lipinski definition) is 2. The van der Waals surface area contributed by atoms with Gasteiger partial charge in [-0.25, -0.2) is 0 Å². The van der Waals surface area contributed by atoms with Crippen LogP contribution in [0.4, 0.5) is 0 Å². The van der Waals surface area contributed by atoms with Gasteiger partial charge in [-0.05, 0) is 35.7 Å². The van der Waals surface area contributed by atoms with E-state index in [9.17, 15) is 0 Å². The maximum absolute atomic E-state index is 2.16. The number of hydrogen-bond acceptors (Lipinski definition) is 0. The van der Waals surface area contributed by atoms with Crippen molar-refractivity contribution in [1.29, 1.82) is 0 Å². The van der Waals surface area contributed by atoms with Crippen LogP contribution in [0.1, 0.15) is 11.1 Å². The number of fused-ring (bicyclic) bond motifs is 1. The van der Waals surface area contributed by atoms with Gasteiger partial charge in [0, 0.05) is 0 Å². The molecule has 2 rings (SSSR count). The Bertz CT molecular complexity index is 385. The molecule has 0 atom stereocenters. The Morgan fingerprint density at radius 2 is 1.14 bits per heavy atom. The summed E-state index contributed by atoms with van der Waals surface area (Å²) < 4.78 is 0. The molecule has 2 radical (unpaired) electrons. The van der Waals surface area contributed by atoms with Gasteiger partial charge < -0.3 is 0 Å². The molecule has 0 amide bonds. The molecule has 2 N–H and O–H groups in total. The van der Waals surface area contributed by atoms with Gasteiger partial charge in [0.25, 0.3) is 0 Å². The van der Waals surface area contributed by atoms with Crippen molar-refractivity contribution >= 4 is 10.8 Å². The molecule has 0 saturated heterocycles. The highest BCUT2D eigenvalue weighted by molar-refractivity contribution is 5.88. The van der Waals surface area contributed by atoms with E-state index in [1.165, 1.54) is 21.9 Å². The molecule has 74 valence electrons. The molecule has 0 aromatic heterocycles. The second-order valence-corrected chi connectivity index (χ2v) is 3.25.